The summed E-state index contributed by atoms with van der Waals surface area (Å²) in [6.45, 7) is 13.9. The van der Waals surface area contributed by atoms with Crippen molar-refractivity contribution in [3.8, 4) is 0 Å². The molecular weight excluding hydrogens is 800 g/mol. The highest BCUT2D eigenvalue weighted by atomic mass is 16.7. The number of carbonyl (C=O) groups excluding carboxylic acids is 2. The van der Waals surface area contributed by atoms with Gasteiger partial charge in [-0.3, -0.25) is 4.79 Å². The lowest BCUT2D eigenvalue weighted by atomic mass is 9.41. The molecule has 0 aromatic carbocycles. The molecule has 8 N–H and O–H groups in total. The zero-order valence-corrected chi connectivity index (χ0v) is 36.8. The summed E-state index contributed by atoms with van der Waals surface area (Å²) in [7, 11) is 0. The molecule has 17 heteroatoms. The summed E-state index contributed by atoms with van der Waals surface area (Å²) in [6, 6.07) is 0. The molecule has 5 saturated carbocycles. The molecular formula is C44H70O17. The monoisotopic (exact) mass is 870 g/mol. The summed E-state index contributed by atoms with van der Waals surface area (Å²) in [6.07, 6.45) is -9.64. The molecule has 0 aromatic rings. The van der Waals surface area contributed by atoms with Crippen molar-refractivity contribution in [3.63, 3.8) is 0 Å². The smallest absolute Gasteiger partial charge is 0.332 e. The number of aliphatic hydroxyl groups excluding tert-OH is 7. The number of hydrogen-bond donors (Lipinski definition) is 8. The Morgan fingerprint density at radius 2 is 1.39 bits per heavy atom. The second-order valence-electron chi connectivity index (χ2n) is 22.0. The number of esters is 2. The summed E-state index contributed by atoms with van der Waals surface area (Å²) in [5.41, 5.74) is -4.29. The zero-order chi connectivity index (χ0) is 44.6. The van der Waals surface area contributed by atoms with Crippen LogP contribution in [0.25, 0.3) is 0 Å². The molecule has 0 amide bonds. The van der Waals surface area contributed by atoms with Gasteiger partial charge in [-0.05, 0) is 105 Å². The highest BCUT2D eigenvalue weighted by Crippen LogP contribution is 2.89. The van der Waals surface area contributed by atoms with Crippen LogP contribution in [0.4, 0.5) is 0 Å². The predicted octanol–water partition coefficient (Wildman–Crippen LogP) is 0.448. The van der Waals surface area contributed by atoms with Gasteiger partial charge < -0.3 is 74.0 Å². The predicted molar refractivity (Wildman–Crippen MR) is 210 cm³/mol. The van der Waals surface area contributed by atoms with E-state index in [-0.39, 0.29) is 42.3 Å². The maximum atomic E-state index is 13.0. The second kappa shape index (κ2) is 15.2. The van der Waals surface area contributed by atoms with E-state index in [1.54, 1.807) is 13.8 Å². The van der Waals surface area contributed by atoms with Crippen LogP contribution in [-0.2, 0) is 42.7 Å². The maximum Gasteiger partial charge on any atom is 0.332 e. The van der Waals surface area contributed by atoms with E-state index in [0.717, 1.165) is 25.7 Å². The third kappa shape index (κ3) is 6.88. The van der Waals surface area contributed by atoms with Crippen molar-refractivity contribution in [2.75, 3.05) is 19.8 Å². The quantitative estimate of drug-likeness (QED) is 0.116. The van der Waals surface area contributed by atoms with Crippen LogP contribution in [0, 0.1) is 44.8 Å². The SMILES string of the molecule is CC(=O)O[C@H]1C[C@](C)([C@H]2[C@@H](OC(=O)CO)C[C@@]3(C)[C@@H]4C[C@H](O)[C@H]5C(C)(C)[C@@H](O[C@@H]6OC[C@@H](O)[C@H](O)[C@@H]6O[C@@H]6OC[C@H](O)[C@H](O)[C@H]6O)CC[C@@]56C[C@@]46CC[C@]23C)O[C@@H]1C(C)(C)O. The number of aliphatic hydroxyl groups is 8. The third-order valence-electron chi connectivity index (χ3n) is 17.9. The van der Waals surface area contributed by atoms with Gasteiger partial charge in [0.25, 0.3) is 0 Å². The van der Waals surface area contributed by atoms with Crippen molar-refractivity contribution in [3.05, 3.63) is 0 Å². The topological polar surface area (TPSA) is 261 Å². The highest BCUT2D eigenvalue weighted by molar-refractivity contribution is 5.70. The third-order valence-corrected chi connectivity index (χ3v) is 17.9. The minimum absolute atomic E-state index is 0.0322. The van der Waals surface area contributed by atoms with Crippen molar-refractivity contribution >= 4 is 11.9 Å². The first-order valence-electron chi connectivity index (χ1n) is 22.3. The second-order valence-corrected chi connectivity index (χ2v) is 22.0. The van der Waals surface area contributed by atoms with Crippen LogP contribution in [0.15, 0.2) is 0 Å². The van der Waals surface area contributed by atoms with E-state index in [2.05, 4.69) is 27.7 Å². The van der Waals surface area contributed by atoms with Crippen molar-refractivity contribution in [2.24, 2.45) is 44.8 Å². The van der Waals surface area contributed by atoms with Crippen LogP contribution < -0.4 is 0 Å². The van der Waals surface area contributed by atoms with E-state index in [1.165, 1.54) is 6.92 Å². The minimum atomic E-state index is -1.64. The normalized spacial score (nSPS) is 53.8. The average molecular weight is 871 g/mol. The van der Waals surface area contributed by atoms with Gasteiger partial charge in [0, 0.05) is 19.3 Å². The molecule has 0 bridgehead atoms. The Balaban J connectivity index is 1.06. The Labute approximate surface area is 357 Å². The molecule has 0 radical (unpaired) electrons. The van der Waals surface area contributed by atoms with E-state index in [0.29, 0.717) is 19.3 Å². The first-order valence-corrected chi connectivity index (χ1v) is 22.3. The molecule has 8 rings (SSSR count). The molecule has 8 aliphatic rings. The summed E-state index contributed by atoms with van der Waals surface area (Å²) >= 11 is 0. The van der Waals surface area contributed by atoms with Gasteiger partial charge in [0.05, 0.1) is 36.6 Å². The molecule has 17 nitrogen and oxygen atoms in total. The molecule has 2 spiro atoms. The first kappa shape index (κ1) is 46.0. The lowest BCUT2D eigenvalue weighted by Crippen LogP contribution is -2.64. The number of ether oxygens (including phenoxy) is 7. The molecule has 61 heavy (non-hydrogen) atoms. The van der Waals surface area contributed by atoms with Gasteiger partial charge in [0.1, 0.15) is 61.5 Å². The minimum Gasteiger partial charge on any atom is -0.460 e. The Hall–Kier alpha value is -1.58. The maximum absolute atomic E-state index is 13.0. The molecule has 3 aliphatic heterocycles. The standard InChI is InChI=1S/C44H70O17/c1-20(46)57-25-15-42(8,61-35(25)39(4,5)54)34-24(58-28(50)16-45)14-41(7)26-13-21(47)33-38(2,3)27(9-10-44(33)19-43(26,44)12-11-40(34,41)6)59-37-32(30(52)23(49)18-56-37)60-36-31(53)29(51)22(48)17-55-36/h21-27,29-37,45,47-49,51-54H,9-19H2,1-8H3/t21-,22-,23+,24-,25-,26-,27-,29-,30-,31+,32-,33-,34-,35-,36-,37-,40+,41-,42+,43-,44+/m0/s1. The fourth-order valence-corrected chi connectivity index (χ4v) is 15.3. The molecule has 0 unspecified atom stereocenters. The van der Waals surface area contributed by atoms with Crippen LogP contribution in [0.1, 0.15) is 107 Å². The van der Waals surface area contributed by atoms with Gasteiger partial charge in [-0.25, -0.2) is 4.79 Å². The number of hydrogen-bond acceptors (Lipinski definition) is 17. The number of rotatable bonds is 9. The van der Waals surface area contributed by atoms with Gasteiger partial charge in [-0.15, -0.1) is 0 Å². The fourth-order valence-electron chi connectivity index (χ4n) is 15.3. The highest BCUT2D eigenvalue weighted by Gasteiger charge is 2.85. The first-order chi connectivity index (χ1) is 28.3. The fraction of sp³-hybridized carbons (Fsp3) is 0.955. The summed E-state index contributed by atoms with van der Waals surface area (Å²) in [5, 5.41) is 86.2. The molecule has 0 aromatic heterocycles. The van der Waals surface area contributed by atoms with E-state index in [1.807, 2.05) is 6.92 Å². The van der Waals surface area contributed by atoms with Gasteiger partial charge in [0.15, 0.2) is 12.6 Å². The van der Waals surface area contributed by atoms with Crippen LogP contribution in [-0.4, -0.2) is 164 Å². The molecule has 3 heterocycles. The van der Waals surface area contributed by atoms with Crippen molar-refractivity contribution in [1.82, 2.24) is 0 Å². The van der Waals surface area contributed by atoms with Crippen LogP contribution in [0.3, 0.4) is 0 Å². The van der Waals surface area contributed by atoms with E-state index >= 15 is 0 Å². The molecule has 348 valence electrons. The molecule has 5 aliphatic carbocycles. The van der Waals surface area contributed by atoms with E-state index < -0.39 is 132 Å². The number of fused-ring (bicyclic) bond motifs is 2. The van der Waals surface area contributed by atoms with Gasteiger partial charge in [0.2, 0.25) is 0 Å². The molecule has 3 saturated heterocycles. The molecule has 21 atom stereocenters. The van der Waals surface area contributed by atoms with Gasteiger partial charge in [-0.1, -0.05) is 27.7 Å². The largest absolute Gasteiger partial charge is 0.460 e. The van der Waals surface area contributed by atoms with Crippen LogP contribution in [0.2, 0.25) is 0 Å². The summed E-state index contributed by atoms with van der Waals surface area (Å²) < 4.78 is 42.8. The average Bonchev–Trinajstić information content (AvgIpc) is 3.58. The lowest BCUT2D eigenvalue weighted by molar-refractivity contribution is -0.356. The molecule has 8 fully saturated rings. The van der Waals surface area contributed by atoms with Gasteiger partial charge >= 0.3 is 11.9 Å². The Kier molecular flexibility index (Phi) is 11.5. The van der Waals surface area contributed by atoms with E-state index in [4.69, 9.17) is 33.2 Å². The summed E-state index contributed by atoms with van der Waals surface area (Å²) in [5.74, 6) is -1.78. The Bertz CT molecular complexity index is 1690. The summed E-state index contributed by atoms with van der Waals surface area (Å²) in [4.78, 5) is 25.3. The van der Waals surface area contributed by atoms with Crippen molar-refractivity contribution < 1.29 is 83.6 Å². The zero-order valence-electron chi connectivity index (χ0n) is 36.8. The lowest BCUT2D eigenvalue weighted by Gasteiger charge is -2.64. The van der Waals surface area contributed by atoms with Crippen LogP contribution >= 0.6 is 0 Å². The van der Waals surface area contributed by atoms with Crippen LogP contribution in [0.5, 0.6) is 0 Å². The number of carbonyl (C=O) groups is 2. The Morgan fingerprint density at radius 3 is 2.03 bits per heavy atom. The van der Waals surface area contributed by atoms with Gasteiger partial charge in [-0.2, -0.15) is 0 Å². The van der Waals surface area contributed by atoms with Crippen molar-refractivity contribution in [2.45, 2.75) is 198 Å². The Morgan fingerprint density at radius 1 is 0.738 bits per heavy atom. The van der Waals surface area contributed by atoms with Crippen molar-refractivity contribution in [1.29, 1.82) is 0 Å². The van der Waals surface area contributed by atoms with E-state index in [9.17, 15) is 50.4 Å².